The third kappa shape index (κ3) is 1.92. The van der Waals surface area contributed by atoms with E-state index in [0.29, 0.717) is 6.04 Å². The maximum Gasteiger partial charge on any atom is 0.0715 e. The van der Waals surface area contributed by atoms with Crippen molar-refractivity contribution in [2.75, 3.05) is 6.54 Å². The van der Waals surface area contributed by atoms with Gasteiger partial charge in [-0.3, -0.25) is 4.98 Å². The van der Waals surface area contributed by atoms with Gasteiger partial charge in [-0.15, -0.1) is 0 Å². The predicted octanol–water partition coefficient (Wildman–Crippen LogP) is 2.58. The van der Waals surface area contributed by atoms with Gasteiger partial charge in [-0.2, -0.15) is 0 Å². The molecule has 0 bridgehead atoms. The summed E-state index contributed by atoms with van der Waals surface area (Å²) in [5, 5.41) is 3.44. The Hall–Kier alpha value is -0.410. The van der Waals surface area contributed by atoms with Crippen molar-refractivity contribution >= 4 is 15.9 Å². The highest BCUT2D eigenvalue weighted by atomic mass is 79.9. The third-order valence-corrected chi connectivity index (χ3v) is 3.03. The van der Waals surface area contributed by atoms with E-state index in [0.717, 1.165) is 16.7 Å². The van der Waals surface area contributed by atoms with Gasteiger partial charge in [0.2, 0.25) is 0 Å². The van der Waals surface area contributed by atoms with Gasteiger partial charge in [-0.25, -0.2) is 0 Å². The van der Waals surface area contributed by atoms with Crippen molar-refractivity contribution in [2.45, 2.75) is 25.8 Å². The fourth-order valence-electron chi connectivity index (χ4n) is 1.72. The van der Waals surface area contributed by atoms with Gasteiger partial charge in [0.25, 0.3) is 0 Å². The van der Waals surface area contributed by atoms with Crippen LogP contribution in [0.15, 0.2) is 16.7 Å². The molecular formula is C10H13BrN2. The highest BCUT2D eigenvalue weighted by molar-refractivity contribution is 9.10. The Morgan fingerprint density at radius 2 is 2.46 bits per heavy atom. The van der Waals surface area contributed by atoms with E-state index in [2.05, 4.69) is 39.2 Å². The molecule has 2 nitrogen and oxygen atoms in total. The van der Waals surface area contributed by atoms with Crippen molar-refractivity contribution in [3.05, 3.63) is 28.0 Å². The Kier molecular flexibility index (Phi) is 2.65. The Labute approximate surface area is 86.9 Å². The molecule has 1 fully saturated rings. The lowest BCUT2D eigenvalue weighted by molar-refractivity contribution is 0.624. The smallest absolute Gasteiger partial charge is 0.0715 e. The molecule has 3 heteroatoms. The number of aromatic nitrogens is 1. The summed E-state index contributed by atoms with van der Waals surface area (Å²) in [6.45, 7) is 3.18. The van der Waals surface area contributed by atoms with Crippen molar-refractivity contribution in [3.8, 4) is 0 Å². The van der Waals surface area contributed by atoms with E-state index in [9.17, 15) is 0 Å². The molecule has 1 aromatic rings. The summed E-state index contributed by atoms with van der Waals surface area (Å²) < 4.78 is 1.13. The molecule has 0 spiro atoms. The molecular weight excluding hydrogens is 228 g/mol. The molecule has 1 saturated heterocycles. The van der Waals surface area contributed by atoms with Crippen molar-refractivity contribution in [1.29, 1.82) is 0 Å². The second kappa shape index (κ2) is 3.76. The van der Waals surface area contributed by atoms with Gasteiger partial charge in [0, 0.05) is 10.7 Å². The fraction of sp³-hybridized carbons (Fsp3) is 0.500. The van der Waals surface area contributed by atoms with Gasteiger partial charge in [-0.1, -0.05) is 0 Å². The van der Waals surface area contributed by atoms with Gasteiger partial charge in [0.1, 0.15) is 0 Å². The molecule has 0 aromatic carbocycles. The van der Waals surface area contributed by atoms with E-state index in [1.807, 2.05) is 6.20 Å². The molecule has 1 aliphatic heterocycles. The average molecular weight is 241 g/mol. The Morgan fingerprint density at radius 3 is 3.08 bits per heavy atom. The lowest BCUT2D eigenvalue weighted by atomic mass is 10.1. The van der Waals surface area contributed by atoms with Gasteiger partial charge in [0.05, 0.1) is 11.7 Å². The SMILES string of the molecule is Cc1cnc(C2CCCN2)c(Br)c1. The minimum absolute atomic E-state index is 0.454. The van der Waals surface area contributed by atoms with Crippen LogP contribution in [0, 0.1) is 6.92 Å². The first-order chi connectivity index (χ1) is 6.27. The zero-order valence-corrected chi connectivity index (χ0v) is 9.26. The quantitative estimate of drug-likeness (QED) is 0.817. The van der Waals surface area contributed by atoms with Crippen LogP contribution in [-0.4, -0.2) is 11.5 Å². The third-order valence-electron chi connectivity index (χ3n) is 2.40. The standard InChI is InChI=1S/C10H13BrN2/c1-7-5-8(11)10(13-6-7)9-3-2-4-12-9/h5-6,9,12H,2-4H2,1H3. The maximum atomic E-state index is 4.45. The van der Waals surface area contributed by atoms with Crippen molar-refractivity contribution in [1.82, 2.24) is 10.3 Å². The van der Waals surface area contributed by atoms with Crippen LogP contribution in [0.2, 0.25) is 0 Å². The summed E-state index contributed by atoms with van der Waals surface area (Å²) in [6, 6.07) is 2.58. The number of nitrogens with one attached hydrogen (secondary N) is 1. The molecule has 0 amide bonds. The molecule has 0 radical (unpaired) electrons. The number of aryl methyl sites for hydroxylation is 1. The van der Waals surface area contributed by atoms with Crippen LogP contribution in [0.5, 0.6) is 0 Å². The van der Waals surface area contributed by atoms with Crippen LogP contribution in [0.25, 0.3) is 0 Å². The molecule has 0 saturated carbocycles. The van der Waals surface area contributed by atoms with E-state index < -0.39 is 0 Å². The summed E-state index contributed by atoms with van der Waals surface area (Å²) in [4.78, 5) is 4.45. The van der Waals surface area contributed by atoms with Crippen LogP contribution < -0.4 is 5.32 Å². The van der Waals surface area contributed by atoms with E-state index in [1.165, 1.54) is 18.4 Å². The summed E-state index contributed by atoms with van der Waals surface area (Å²) in [6.07, 6.45) is 4.39. The average Bonchev–Trinajstić information content (AvgIpc) is 2.56. The van der Waals surface area contributed by atoms with Gasteiger partial charge in [0.15, 0.2) is 0 Å². The van der Waals surface area contributed by atoms with E-state index in [1.54, 1.807) is 0 Å². The number of pyridine rings is 1. The summed E-state index contributed by atoms with van der Waals surface area (Å²) in [5.74, 6) is 0. The first kappa shape index (κ1) is 9.16. The summed E-state index contributed by atoms with van der Waals surface area (Å²) >= 11 is 3.55. The second-order valence-corrected chi connectivity index (χ2v) is 4.38. The largest absolute Gasteiger partial charge is 0.309 e. The number of hydrogen-bond donors (Lipinski definition) is 1. The predicted molar refractivity (Wildman–Crippen MR) is 56.7 cm³/mol. The number of nitrogens with zero attached hydrogens (tertiary/aromatic N) is 1. The van der Waals surface area contributed by atoms with Gasteiger partial charge < -0.3 is 5.32 Å². The summed E-state index contributed by atoms with van der Waals surface area (Å²) in [7, 11) is 0. The highest BCUT2D eigenvalue weighted by Gasteiger charge is 2.19. The lowest BCUT2D eigenvalue weighted by Crippen LogP contribution is -2.14. The number of halogens is 1. The minimum Gasteiger partial charge on any atom is -0.309 e. The first-order valence-electron chi connectivity index (χ1n) is 4.63. The van der Waals surface area contributed by atoms with Crippen LogP contribution >= 0.6 is 15.9 Å². The second-order valence-electron chi connectivity index (χ2n) is 3.53. The topological polar surface area (TPSA) is 24.9 Å². The Morgan fingerprint density at radius 1 is 1.62 bits per heavy atom. The first-order valence-corrected chi connectivity index (χ1v) is 5.42. The van der Waals surface area contributed by atoms with Crippen LogP contribution in [0.1, 0.15) is 30.1 Å². The molecule has 2 heterocycles. The zero-order chi connectivity index (χ0) is 9.26. The molecule has 0 aliphatic carbocycles. The maximum absolute atomic E-state index is 4.45. The summed E-state index contributed by atoms with van der Waals surface area (Å²) in [5.41, 5.74) is 2.36. The molecule has 1 N–H and O–H groups in total. The Balaban J connectivity index is 2.29. The molecule has 1 aliphatic rings. The van der Waals surface area contributed by atoms with E-state index in [-0.39, 0.29) is 0 Å². The fourth-order valence-corrected chi connectivity index (χ4v) is 2.46. The number of rotatable bonds is 1. The zero-order valence-electron chi connectivity index (χ0n) is 7.68. The molecule has 70 valence electrons. The van der Waals surface area contributed by atoms with Gasteiger partial charge in [-0.05, 0) is 53.9 Å². The van der Waals surface area contributed by atoms with Crippen LogP contribution in [0.3, 0.4) is 0 Å². The highest BCUT2D eigenvalue weighted by Crippen LogP contribution is 2.27. The molecule has 2 rings (SSSR count). The minimum atomic E-state index is 0.454. The number of hydrogen-bond acceptors (Lipinski definition) is 2. The molecule has 13 heavy (non-hydrogen) atoms. The van der Waals surface area contributed by atoms with Crippen molar-refractivity contribution < 1.29 is 0 Å². The van der Waals surface area contributed by atoms with Crippen LogP contribution in [-0.2, 0) is 0 Å². The van der Waals surface area contributed by atoms with E-state index >= 15 is 0 Å². The van der Waals surface area contributed by atoms with Crippen LogP contribution in [0.4, 0.5) is 0 Å². The molecule has 1 atom stereocenters. The van der Waals surface area contributed by atoms with Crippen molar-refractivity contribution in [3.63, 3.8) is 0 Å². The normalized spacial score (nSPS) is 22.2. The Bertz CT molecular complexity index is 306. The monoisotopic (exact) mass is 240 g/mol. The van der Waals surface area contributed by atoms with Gasteiger partial charge >= 0.3 is 0 Å². The van der Waals surface area contributed by atoms with Crippen molar-refractivity contribution in [2.24, 2.45) is 0 Å². The van der Waals surface area contributed by atoms with E-state index in [4.69, 9.17) is 0 Å². The molecule has 1 aromatic heterocycles. The lowest BCUT2D eigenvalue weighted by Gasteiger charge is -2.11. The molecule has 1 unspecified atom stereocenters.